The molecule has 0 bridgehead atoms. The highest BCUT2D eigenvalue weighted by Gasteiger charge is 2.85. The molecule has 2 aliphatic heterocycles. The van der Waals surface area contributed by atoms with Crippen molar-refractivity contribution in [3.05, 3.63) is 179 Å². The van der Waals surface area contributed by atoms with E-state index in [9.17, 15) is 17.6 Å². The molecular weight excluding hydrogens is 1000 g/mol. The summed E-state index contributed by atoms with van der Waals surface area (Å²) in [6, 6.07) is 16.8. The molecule has 2 atom stereocenters. The van der Waals surface area contributed by atoms with Crippen LogP contribution in [0.3, 0.4) is 0 Å². The maximum absolute atomic E-state index is 15.2. The Bertz CT molecular complexity index is 2780. The van der Waals surface area contributed by atoms with Gasteiger partial charge in [0.2, 0.25) is 0 Å². The maximum Gasteiger partial charge on any atom is 0.380 e. The minimum absolute atomic E-state index is 0.162. The zero-order valence-electron chi connectivity index (χ0n) is 30.8. The van der Waals surface area contributed by atoms with Crippen LogP contribution in [0.1, 0.15) is 40.4 Å². The van der Waals surface area contributed by atoms with E-state index in [2.05, 4.69) is 0 Å². The first kappa shape index (κ1) is 42.4. The lowest BCUT2D eigenvalue weighted by atomic mass is 9.68. The number of rotatable bonds is 4. The largest absolute Gasteiger partial charge is 0.380 e. The van der Waals surface area contributed by atoms with Crippen LogP contribution >= 0.6 is 91.5 Å². The van der Waals surface area contributed by atoms with Crippen LogP contribution in [0.4, 0.5) is 52.7 Å². The van der Waals surface area contributed by atoms with Crippen molar-refractivity contribution in [2.24, 2.45) is 0 Å². The van der Waals surface area contributed by atoms with Crippen molar-refractivity contribution in [3.63, 3.8) is 0 Å². The van der Waals surface area contributed by atoms with Gasteiger partial charge in [0.15, 0.2) is 0 Å². The molecule has 2 unspecified atom stereocenters. The Morgan fingerprint density at radius 3 is 1.02 bits per heavy atom. The maximum atomic E-state index is 15.2. The standard InChI is InChI=1S/C22H10F6S4.C21H10F6S4/c23-20(24)15-11-5-9-31-17(11)19(13-3-1-7-29-13,14-4-2-8-30-14)18-12(6-10-32-18)16(15)21(25,26)22(20,27)28;22-19(23)15-11-5-9-30-17(11,13-3-1-7-28-13)18(14-4-2-8-29-14)12(6-10-31-18)16(15)20(24,25)21(19,26)27/h1-10H;1-10H. The van der Waals surface area contributed by atoms with E-state index >= 15 is 35.1 Å². The van der Waals surface area contributed by atoms with E-state index in [1.807, 2.05) is 22.9 Å². The summed E-state index contributed by atoms with van der Waals surface area (Å²) in [4.78, 5) is 3.52. The van der Waals surface area contributed by atoms with E-state index in [0.29, 0.717) is 19.5 Å². The molecule has 4 aliphatic carbocycles. The van der Waals surface area contributed by atoms with E-state index in [-0.39, 0.29) is 22.3 Å². The van der Waals surface area contributed by atoms with Gasteiger partial charge < -0.3 is 0 Å². The lowest BCUT2D eigenvalue weighted by Crippen LogP contribution is -2.49. The fraction of sp³-hybridized carbons (Fsp3) is 0.209. The molecule has 1 fully saturated rings. The smallest absolute Gasteiger partial charge is 0.194 e. The van der Waals surface area contributed by atoms with Crippen molar-refractivity contribution in [1.82, 2.24) is 0 Å². The minimum atomic E-state index is -5.53. The monoisotopic (exact) mass is 1020 g/mol. The molecule has 1 saturated carbocycles. The molecule has 0 amide bonds. The highest BCUT2D eigenvalue weighted by atomic mass is 32.2. The zero-order valence-corrected chi connectivity index (χ0v) is 37.4. The first-order valence-corrected chi connectivity index (χ1v) is 25.4. The van der Waals surface area contributed by atoms with Gasteiger partial charge >= 0.3 is 35.5 Å². The van der Waals surface area contributed by atoms with Gasteiger partial charge in [-0.2, -0.15) is 52.7 Å². The molecule has 0 N–H and O–H groups in total. The summed E-state index contributed by atoms with van der Waals surface area (Å²) in [5.41, 5.74) is -6.93. The summed E-state index contributed by atoms with van der Waals surface area (Å²) in [6.45, 7) is 0. The first-order valence-electron chi connectivity index (χ1n) is 18.3. The summed E-state index contributed by atoms with van der Waals surface area (Å²) in [5.74, 6) is -31.1. The minimum Gasteiger partial charge on any atom is -0.194 e. The number of thiophene rings is 6. The predicted molar refractivity (Wildman–Crippen MR) is 232 cm³/mol. The van der Waals surface area contributed by atoms with E-state index < -0.39 is 72.7 Å². The molecule has 324 valence electrons. The first-order chi connectivity index (χ1) is 29.8. The Morgan fingerprint density at radius 2 is 0.683 bits per heavy atom. The van der Waals surface area contributed by atoms with Gasteiger partial charge in [0.1, 0.15) is 14.9 Å². The van der Waals surface area contributed by atoms with Crippen LogP contribution in [0.2, 0.25) is 0 Å². The topological polar surface area (TPSA) is 0 Å². The number of thioether (sulfide) groups is 2. The third-order valence-corrected chi connectivity index (χ3v) is 21.3. The second-order valence-corrected chi connectivity index (χ2v) is 22.8. The molecule has 0 radical (unpaired) electrons. The third kappa shape index (κ3) is 4.74. The molecule has 6 aromatic heterocycles. The van der Waals surface area contributed by atoms with Gasteiger partial charge in [0, 0.05) is 51.6 Å². The van der Waals surface area contributed by atoms with Gasteiger partial charge in [-0.1, -0.05) is 36.4 Å². The van der Waals surface area contributed by atoms with Gasteiger partial charge in [-0.15, -0.1) is 91.5 Å². The van der Waals surface area contributed by atoms with Crippen LogP contribution in [0.15, 0.2) is 138 Å². The number of halogens is 12. The molecule has 0 aromatic carbocycles. The average molecular weight is 1020 g/mol. The van der Waals surface area contributed by atoms with Crippen LogP contribution in [0.5, 0.6) is 0 Å². The molecule has 6 aliphatic rings. The van der Waals surface area contributed by atoms with Crippen LogP contribution in [0.25, 0.3) is 11.1 Å². The SMILES string of the molecule is FC1(F)C2=C(c3ccsc3C(c3cccs3)(c3cccs3)c3sccc32)C(F)(F)C1(F)F.FC1(F)C2=C3C=CSC3(c3cccs3)C3(c4cccs4)SC=CC3=C2C(F)(F)C1(F)F. The predicted octanol–water partition coefficient (Wildman–Crippen LogP) is 16.4. The summed E-state index contributed by atoms with van der Waals surface area (Å²) in [5, 5.41) is 13.3. The number of fused-ring (bicyclic) bond motifs is 8. The zero-order chi connectivity index (χ0) is 44.4. The summed E-state index contributed by atoms with van der Waals surface area (Å²) < 4.78 is 177. The van der Waals surface area contributed by atoms with E-state index in [4.69, 9.17) is 0 Å². The Labute approximate surface area is 381 Å². The third-order valence-electron chi connectivity index (χ3n) is 12.2. The lowest BCUT2D eigenvalue weighted by molar-refractivity contribution is -0.258. The van der Waals surface area contributed by atoms with Gasteiger partial charge in [0.25, 0.3) is 0 Å². The molecule has 0 nitrogen and oxygen atoms in total. The summed E-state index contributed by atoms with van der Waals surface area (Å²) in [6.07, 6.45) is 2.63. The molecule has 0 saturated heterocycles. The highest BCUT2D eigenvalue weighted by Crippen LogP contribution is 2.78. The molecule has 8 heterocycles. The number of hydrogen-bond donors (Lipinski definition) is 0. The molecule has 20 heteroatoms. The summed E-state index contributed by atoms with van der Waals surface area (Å²) in [7, 11) is 0. The molecule has 12 rings (SSSR count). The second-order valence-electron chi connectivity index (χ2n) is 15.0. The van der Waals surface area contributed by atoms with Crippen molar-refractivity contribution in [1.29, 1.82) is 0 Å². The van der Waals surface area contributed by atoms with Gasteiger partial charge in [-0.05, 0) is 102 Å². The quantitative estimate of drug-likeness (QED) is 0.161. The Hall–Kier alpha value is -3.24. The fourth-order valence-electron chi connectivity index (χ4n) is 9.63. The van der Waals surface area contributed by atoms with Crippen molar-refractivity contribution >= 4 is 103 Å². The van der Waals surface area contributed by atoms with Crippen LogP contribution < -0.4 is 0 Å². The van der Waals surface area contributed by atoms with Crippen LogP contribution in [0, 0.1) is 0 Å². The normalized spacial score (nSPS) is 27.6. The molecule has 6 aromatic rings. The average Bonchev–Trinajstić information content (AvgIpc) is 4.07. The van der Waals surface area contributed by atoms with Gasteiger partial charge in [-0.25, -0.2) is 0 Å². The van der Waals surface area contributed by atoms with Crippen molar-refractivity contribution in [2.45, 2.75) is 50.4 Å². The lowest BCUT2D eigenvalue weighted by Gasteiger charge is -2.50. The Morgan fingerprint density at radius 1 is 0.349 bits per heavy atom. The van der Waals surface area contributed by atoms with E-state index in [1.54, 1.807) is 58.0 Å². The van der Waals surface area contributed by atoms with Crippen molar-refractivity contribution in [3.8, 4) is 0 Å². The molecule has 63 heavy (non-hydrogen) atoms. The second kappa shape index (κ2) is 13.4. The highest BCUT2D eigenvalue weighted by molar-refractivity contribution is 8.07. The number of alkyl halides is 12. The number of allylic oxidation sites excluding steroid dienone is 6. The fourth-order valence-corrected chi connectivity index (χ4v) is 19.5. The van der Waals surface area contributed by atoms with E-state index in [1.165, 1.54) is 104 Å². The van der Waals surface area contributed by atoms with Crippen molar-refractivity contribution in [2.75, 3.05) is 0 Å². The summed E-state index contributed by atoms with van der Waals surface area (Å²) >= 11 is 10.0. The Balaban J connectivity index is 0.000000141. The van der Waals surface area contributed by atoms with Crippen molar-refractivity contribution < 1.29 is 52.7 Å². The number of hydrogen-bond acceptors (Lipinski definition) is 8. The van der Waals surface area contributed by atoms with Gasteiger partial charge in [-0.3, -0.25) is 0 Å². The van der Waals surface area contributed by atoms with Crippen LogP contribution in [-0.4, -0.2) is 35.5 Å². The van der Waals surface area contributed by atoms with Crippen LogP contribution in [-0.2, 0) is 14.9 Å². The van der Waals surface area contributed by atoms with Gasteiger partial charge in [0.05, 0.1) is 0 Å². The van der Waals surface area contributed by atoms with E-state index in [0.717, 1.165) is 32.4 Å². The Kier molecular flexibility index (Phi) is 9.05. The molecular formula is C43H20F12S8. The molecule has 0 spiro atoms.